The van der Waals surface area contributed by atoms with Crippen molar-refractivity contribution in [3.05, 3.63) is 63.4 Å². The number of anilines is 1. The van der Waals surface area contributed by atoms with Crippen LogP contribution in [0.25, 0.3) is 12.2 Å². The first-order chi connectivity index (χ1) is 9.50. The van der Waals surface area contributed by atoms with Crippen molar-refractivity contribution < 1.29 is 4.39 Å². The minimum Gasteiger partial charge on any atom is -0.313 e. The first kappa shape index (κ1) is 14.8. The summed E-state index contributed by atoms with van der Waals surface area (Å²) in [6.07, 6.45) is 3.64. The third-order valence-electron chi connectivity index (χ3n) is 3.10. The zero-order valence-electron chi connectivity index (χ0n) is 11.4. The second kappa shape index (κ2) is 6.20. The molecule has 104 valence electrons. The van der Waals surface area contributed by atoms with Gasteiger partial charge in [0.15, 0.2) is 0 Å². The van der Waals surface area contributed by atoms with Gasteiger partial charge in [-0.1, -0.05) is 46.3 Å². The van der Waals surface area contributed by atoms with E-state index < -0.39 is 0 Å². The highest BCUT2D eigenvalue weighted by Gasteiger charge is 2.07. The average molecular weight is 335 g/mol. The van der Waals surface area contributed by atoms with Gasteiger partial charge in [0.2, 0.25) is 0 Å². The van der Waals surface area contributed by atoms with Gasteiger partial charge in [0, 0.05) is 22.6 Å². The lowest BCUT2D eigenvalue weighted by Gasteiger charge is -2.16. The van der Waals surface area contributed by atoms with E-state index in [4.69, 9.17) is 5.84 Å². The normalized spacial score (nSPS) is 11.1. The van der Waals surface area contributed by atoms with Gasteiger partial charge in [-0.15, -0.1) is 0 Å². The molecule has 0 spiro atoms. The van der Waals surface area contributed by atoms with Crippen LogP contribution in [0, 0.1) is 12.7 Å². The predicted octanol–water partition coefficient (Wildman–Crippen LogP) is 4.38. The fraction of sp³-hybridized carbons (Fsp3) is 0.125. The number of aryl methyl sites for hydroxylation is 1. The average Bonchev–Trinajstić information content (AvgIpc) is 2.39. The maximum absolute atomic E-state index is 13.8. The number of nitrogens with zero attached hydrogens (tertiary/aromatic N) is 1. The molecule has 0 aliphatic rings. The molecule has 2 aromatic rings. The molecular formula is C16H16BrFN2. The van der Waals surface area contributed by atoms with Gasteiger partial charge in [-0.05, 0) is 30.7 Å². The summed E-state index contributed by atoms with van der Waals surface area (Å²) in [7, 11) is 1.77. The molecule has 20 heavy (non-hydrogen) atoms. The molecular weight excluding hydrogens is 319 g/mol. The van der Waals surface area contributed by atoms with Crippen molar-refractivity contribution >= 4 is 33.8 Å². The maximum Gasteiger partial charge on any atom is 0.130 e. The summed E-state index contributed by atoms with van der Waals surface area (Å²) >= 11 is 3.50. The first-order valence-corrected chi connectivity index (χ1v) is 7.00. The lowest BCUT2D eigenvalue weighted by atomic mass is 10.1. The number of rotatable bonds is 3. The van der Waals surface area contributed by atoms with Crippen molar-refractivity contribution in [3.63, 3.8) is 0 Å². The highest BCUT2D eigenvalue weighted by atomic mass is 79.9. The third-order valence-corrected chi connectivity index (χ3v) is 3.79. The maximum atomic E-state index is 13.8. The number of hydrazine groups is 1. The highest BCUT2D eigenvalue weighted by Crippen LogP contribution is 2.28. The Morgan fingerprint density at radius 3 is 2.40 bits per heavy atom. The molecule has 0 bridgehead atoms. The Morgan fingerprint density at radius 1 is 1.10 bits per heavy atom. The van der Waals surface area contributed by atoms with Gasteiger partial charge in [0.25, 0.3) is 0 Å². The summed E-state index contributed by atoms with van der Waals surface area (Å²) in [4.78, 5) is 0. The molecule has 0 saturated carbocycles. The number of benzene rings is 2. The Morgan fingerprint density at radius 2 is 1.75 bits per heavy atom. The van der Waals surface area contributed by atoms with E-state index in [0.717, 1.165) is 21.3 Å². The lowest BCUT2D eigenvalue weighted by Crippen LogP contribution is -2.25. The minimum absolute atomic E-state index is 0.226. The Labute approximate surface area is 126 Å². The summed E-state index contributed by atoms with van der Waals surface area (Å²) in [6, 6.07) is 10.8. The molecule has 0 aromatic heterocycles. The molecule has 2 rings (SSSR count). The Balaban J connectivity index is 2.47. The quantitative estimate of drug-likeness (QED) is 0.512. The topological polar surface area (TPSA) is 29.3 Å². The second-order valence-electron chi connectivity index (χ2n) is 4.59. The predicted molar refractivity (Wildman–Crippen MR) is 86.8 cm³/mol. The number of halogens is 2. The zero-order valence-corrected chi connectivity index (χ0v) is 13.0. The smallest absolute Gasteiger partial charge is 0.130 e. The van der Waals surface area contributed by atoms with Gasteiger partial charge in [-0.2, -0.15) is 0 Å². The molecule has 0 fully saturated rings. The summed E-state index contributed by atoms with van der Waals surface area (Å²) in [5.74, 6) is 5.59. The number of hydrogen-bond acceptors (Lipinski definition) is 2. The van der Waals surface area contributed by atoms with Crippen LogP contribution in [0.1, 0.15) is 16.7 Å². The van der Waals surface area contributed by atoms with E-state index in [1.807, 2.05) is 37.3 Å². The van der Waals surface area contributed by atoms with Crippen molar-refractivity contribution in [2.24, 2.45) is 5.84 Å². The van der Waals surface area contributed by atoms with Gasteiger partial charge in [-0.25, -0.2) is 10.2 Å². The third kappa shape index (κ3) is 3.08. The summed E-state index contributed by atoms with van der Waals surface area (Å²) < 4.78 is 14.7. The fourth-order valence-corrected chi connectivity index (χ4v) is 2.51. The molecule has 0 unspecified atom stereocenters. The Bertz CT molecular complexity index is 631. The van der Waals surface area contributed by atoms with E-state index in [0.29, 0.717) is 5.56 Å². The van der Waals surface area contributed by atoms with E-state index in [1.165, 1.54) is 6.07 Å². The molecule has 0 atom stereocenters. The standard InChI is InChI=1S/C16H16BrFN2/c1-11-5-3-7-15(18)12(11)9-10-13-14(17)6-4-8-16(13)20(2)19/h3-10H,19H2,1-2H3/b10-9+. The van der Waals surface area contributed by atoms with Crippen LogP contribution < -0.4 is 10.9 Å². The van der Waals surface area contributed by atoms with Gasteiger partial charge in [0.1, 0.15) is 5.82 Å². The van der Waals surface area contributed by atoms with Crippen molar-refractivity contribution in [1.82, 2.24) is 0 Å². The first-order valence-electron chi connectivity index (χ1n) is 6.21. The summed E-state index contributed by atoms with van der Waals surface area (Å²) in [5.41, 5.74) is 3.27. The fourth-order valence-electron chi connectivity index (χ4n) is 2.02. The van der Waals surface area contributed by atoms with Crippen LogP contribution in [0.2, 0.25) is 0 Å². The van der Waals surface area contributed by atoms with Gasteiger partial charge in [-0.3, -0.25) is 0 Å². The van der Waals surface area contributed by atoms with E-state index in [-0.39, 0.29) is 5.82 Å². The van der Waals surface area contributed by atoms with E-state index in [2.05, 4.69) is 15.9 Å². The van der Waals surface area contributed by atoms with E-state index in [9.17, 15) is 4.39 Å². The van der Waals surface area contributed by atoms with Gasteiger partial charge < -0.3 is 5.01 Å². The van der Waals surface area contributed by atoms with Crippen molar-refractivity contribution in [2.45, 2.75) is 6.92 Å². The van der Waals surface area contributed by atoms with Crippen LogP contribution in [-0.4, -0.2) is 7.05 Å². The minimum atomic E-state index is -0.226. The van der Waals surface area contributed by atoms with Crippen molar-refractivity contribution in [2.75, 3.05) is 12.1 Å². The van der Waals surface area contributed by atoms with Crippen LogP contribution in [0.5, 0.6) is 0 Å². The van der Waals surface area contributed by atoms with Crippen LogP contribution in [0.4, 0.5) is 10.1 Å². The number of nitrogens with two attached hydrogens (primary N) is 1. The lowest BCUT2D eigenvalue weighted by molar-refractivity contribution is 0.624. The summed E-state index contributed by atoms with van der Waals surface area (Å²) in [5, 5.41) is 1.54. The molecule has 0 aliphatic carbocycles. The Kier molecular flexibility index (Phi) is 4.57. The molecule has 2 nitrogen and oxygen atoms in total. The van der Waals surface area contributed by atoms with Crippen molar-refractivity contribution in [3.8, 4) is 0 Å². The SMILES string of the molecule is Cc1cccc(F)c1/C=C/c1c(Br)cccc1N(C)N. The van der Waals surface area contributed by atoms with Crippen LogP contribution in [-0.2, 0) is 0 Å². The molecule has 4 heteroatoms. The zero-order chi connectivity index (χ0) is 14.7. The number of hydrogen-bond donors (Lipinski definition) is 1. The van der Waals surface area contributed by atoms with Crippen molar-refractivity contribution in [1.29, 1.82) is 0 Å². The largest absolute Gasteiger partial charge is 0.313 e. The van der Waals surface area contributed by atoms with E-state index >= 15 is 0 Å². The molecule has 0 heterocycles. The Hall–Kier alpha value is -1.65. The monoisotopic (exact) mass is 334 g/mol. The summed E-state index contributed by atoms with van der Waals surface area (Å²) in [6.45, 7) is 1.89. The van der Waals surface area contributed by atoms with Gasteiger partial charge in [0.05, 0.1) is 5.69 Å². The highest BCUT2D eigenvalue weighted by molar-refractivity contribution is 9.10. The molecule has 0 radical (unpaired) electrons. The molecule has 0 amide bonds. The second-order valence-corrected chi connectivity index (χ2v) is 5.44. The molecule has 2 aromatic carbocycles. The molecule has 0 saturated heterocycles. The molecule has 2 N–H and O–H groups in total. The van der Waals surface area contributed by atoms with Crippen LogP contribution >= 0.6 is 15.9 Å². The molecule has 0 aliphatic heterocycles. The van der Waals surface area contributed by atoms with Crippen LogP contribution in [0.3, 0.4) is 0 Å². The van der Waals surface area contributed by atoms with Crippen LogP contribution in [0.15, 0.2) is 40.9 Å². The van der Waals surface area contributed by atoms with Gasteiger partial charge >= 0.3 is 0 Å². The van der Waals surface area contributed by atoms with E-state index in [1.54, 1.807) is 24.2 Å².